The fraction of sp³-hybridized carbons (Fsp3) is 0.333. The summed E-state index contributed by atoms with van der Waals surface area (Å²) in [5.74, 6) is -0.0546. The number of hydrogen-bond acceptors (Lipinski definition) is 3. The fourth-order valence-electron chi connectivity index (χ4n) is 3.11. The molecule has 2 N–H and O–H groups in total. The van der Waals surface area contributed by atoms with Crippen LogP contribution in [0, 0.1) is 0 Å². The first-order chi connectivity index (χ1) is 13.6. The topological polar surface area (TPSA) is 64.7 Å². The molecule has 3 rings (SSSR count). The van der Waals surface area contributed by atoms with E-state index in [-0.39, 0.29) is 18.5 Å². The maximum atomic E-state index is 12.3. The zero-order valence-electron chi connectivity index (χ0n) is 15.7. The largest absolute Gasteiger partial charge is 0.339 e. The lowest BCUT2D eigenvalue weighted by molar-refractivity contribution is -0.131. The minimum absolute atomic E-state index is 0.0117. The van der Waals surface area contributed by atoms with Crippen molar-refractivity contribution in [3.8, 4) is 0 Å². The van der Waals surface area contributed by atoms with Crippen molar-refractivity contribution in [2.45, 2.75) is 13.1 Å². The molecule has 0 atom stereocenters. The van der Waals surface area contributed by atoms with Crippen LogP contribution in [0.3, 0.4) is 0 Å². The number of benzene rings is 2. The van der Waals surface area contributed by atoms with Crippen molar-refractivity contribution in [3.05, 3.63) is 70.7 Å². The molecule has 2 aromatic rings. The van der Waals surface area contributed by atoms with E-state index in [9.17, 15) is 9.59 Å². The lowest BCUT2D eigenvalue weighted by Gasteiger charge is -2.34. The number of urea groups is 1. The van der Waals surface area contributed by atoms with Gasteiger partial charge in [-0.3, -0.25) is 9.69 Å². The minimum atomic E-state index is -0.335. The molecule has 3 amide bonds. The summed E-state index contributed by atoms with van der Waals surface area (Å²) in [5.41, 5.74) is 2.22. The molecule has 2 aromatic carbocycles. The predicted molar refractivity (Wildman–Crippen MR) is 110 cm³/mol. The molecular formula is C21H25ClN4O2. The number of rotatable bonds is 6. The van der Waals surface area contributed by atoms with Crippen molar-refractivity contribution in [3.63, 3.8) is 0 Å². The van der Waals surface area contributed by atoms with Crippen molar-refractivity contribution in [2.24, 2.45) is 0 Å². The molecule has 0 aliphatic carbocycles. The second-order valence-electron chi connectivity index (χ2n) is 6.81. The molecule has 0 spiro atoms. The predicted octanol–water partition coefficient (Wildman–Crippen LogP) is 2.48. The maximum absolute atomic E-state index is 12.3. The van der Waals surface area contributed by atoms with Gasteiger partial charge in [0.2, 0.25) is 5.91 Å². The first-order valence-corrected chi connectivity index (χ1v) is 9.78. The van der Waals surface area contributed by atoms with Crippen molar-refractivity contribution in [1.29, 1.82) is 0 Å². The first kappa shape index (κ1) is 20.2. The summed E-state index contributed by atoms with van der Waals surface area (Å²) in [4.78, 5) is 28.3. The van der Waals surface area contributed by atoms with Crippen LogP contribution in [0.2, 0.25) is 5.02 Å². The Morgan fingerprint density at radius 2 is 1.54 bits per heavy atom. The molecule has 1 aliphatic heterocycles. The normalized spacial score (nSPS) is 14.5. The van der Waals surface area contributed by atoms with Crippen molar-refractivity contribution in [1.82, 2.24) is 20.4 Å². The summed E-state index contributed by atoms with van der Waals surface area (Å²) in [6.45, 7) is 4.25. The summed E-state index contributed by atoms with van der Waals surface area (Å²) < 4.78 is 0. The van der Waals surface area contributed by atoms with Crippen LogP contribution >= 0.6 is 11.6 Å². The zero-order chi connectivity index (χ0) is 19.8. The van der Waals surface area contributed by atoms with Gasteiger partial charge in [0.25, 0.3) is 0 Å². The number of carbonyl (C=O) groups excluding carboxylic acids is 2. The smallest absolute Gasteiger partial charge is 0.315 e. The highest BCUT2D eigenvalue weighted by Crippen LogP contribution is 2.13. The van der Waals surface area contributed by atoms with E-state index in [1.807, 2.05) is 54.6 Å². The van der Waals surface area contributed by atoms with E-state index in [1.54, 1.807) is 4.90 Å². The summed E-state index contributed by atoms with van der Waals surface area (Å²) in [5, 5.41) is 6.13. The van der Waals surface area contributed by atoms with Crippen LogP contribution in [-0.2, 0) is 17.9 Å². The van der Waals surface area contributed by atoms with E-state index in [0.29, 0.717) is 19.6 Å². The number of hydrogen-bond donors (Lipinski definition) is 2. The van der Waals surface area contributed by atoms with Gasteiger partial charge in [0.1, 0.15) is 0 Å². The summed E-state index contributed by atoms with van der Waals surface area (Å²) in [6, 6.07) is 17.2. The molecule has 0 radical (unpaired) electrons. The molecule has 1 fully saturated rings. The van der Waals surface area contributed by atoms with Gasteiger partial charge in [-0.25, -0.2) is 4.79 Å². The second-order valence-corrected chi connectivity index (χ2v) is 7.24. The van der Waals surface area contributed by atoms with Gasteiger partial charge in [-0.1, -0.05) is 54.1 Å². The van der Waals surface area contributed by atoms with E-state index in [2.05, 4.69) is 15.5 Å². The van der Waals surface area contributed by atoms with Gasteiger partial charge in [-0.15, -0.1) is 0 Å². The molecule has 0 saturated carbocycles. The minimum Gasteiger partial charge on any atom is -0.339 e. The first-order valence-electron chi connectivity index (χ1n) is 9.40. The zero-order valence-corrected chi connectivity index (χ0v) is 16.5. The fourth-order valence-corrected chi connectivity index (χ4v) is 3.24. The average molecular weight is 401 g/mol. The third-order valence-corrected chi connectivity index (χ3v) is 4.99. The standard InChI is InChI=1S/C21H25ClN4O2/c22-19-8-6-18(7-9-19)16-25-10-12-26(13-11-25)20(27)15-24-21(28)23-14-17-4-2-1-3-5-17/h1-9H,10-16H2,(H2,23,24,28). The maximum Gasteiger partial charge on any atom is 0.315 e. The molecule has 148 valence electrons. The Hall–Kier alpha value is -2.57. The Kier molecular flexibility index (Phi) is 7.28. The van der Waals surface area contributed by atoms with E-state index >= 15 is 0 Å². The van der Waals surface area contributed by atoms with Gasteiger partial charge in [0, 0.05) is 44.3 Å². The molecule has 1 saturated heterocycles. The van der Waals surface area contributed by atoms with Crippen LogP contribution in [0.1, 0.15) is 11.1 Å². The van der Waals surface area contributed by atoms with E-state index < -0.39 is 0 Å². The van der Waals surface area contributed by atoms with Gasteiger partial charge >= 0.3 is 6.03 Å². The lowest BCUT2D eigenvalue weighted by atomic mass is 10.2. The Balaban J connectivity index is 1.34. The molecule has 1 aliphatic rings. The Bertz CT molecular complexity index is 775. The monoisotopic (exact) mass is 400 g/mol. The summed E-state index contributed by atoms with van der Waals surface area (Å²) in [6.07, 6.45) is 0. The lowest BCUT2D eigenvalue weighted by Crippen LogP contribution is -2.51. The number of halogens is 1. The van der Waals surface area contributed by atoms with Crippen molar-refractivity contribution >= 4 is 23.5 Å². The third-order valence-electron chi connectivity index (χ3n) is 4.74. The van der Waals surface area contributed by atoms with Crippen LogP contribution < -0.4 is 10.6 Å². The van der Waals surface area contributed by atoms with Crippen molar-refractivity contribution < 1.29 is 9.59 Å². The third kappa shape index (κ3) is 6.25. The summed E-state index contributed by atoms with van der Waals surface area (Å²) >= 11 is 5.92. The molecule has 1 heterocycles. The number of nitrogens with one attached hydrogen (secondary N) is 2. The van der Waals surface area contributed by atoms with Crippen LogP contribution in [0.25, 0.3) is 0 Å². The Morgan fingerprint density at radius 1 is 0.857 bits per heavy atom. The molecule has 0 unspecified atom stereocenters. The van der Waals surface area contributed by atoms with Crippen LogP contribution in [0.15, 0.2) is 54.6 Å². The van der Waals surface area contributed by atoms with Gasteiger partial charge in [0.05, 0.1) is 6.54 Å². The highest BCUT2D eigenvalue weighted by molar-refractivity contribution is 6.30. The number of nitrogens with zero attached hydrogens (tertiary/aromatic N) is 2. The molecule has 7 heteroatoms. The molecule has 0 bridgehead atoms. The SMILES string of the molecule is O=C(NCC(=O)N1CCN(Cc2ccc(Cl)cc2)CC1)NCc1ccccc1. The van der Waals surface area contributed by atoms with Crippen molar-refractivity contribution in [2.75, 3.05) is 32.7 Å². The number of piperazine rings is 1. The van der Waals surface area contributed by atoms with E-state index in [1.165, 1.54) is 5.56 Å². The van der Waals surface area contributed by atoms with Gasteiger partial charge < -0.3 is 15.5 Å². The molecular weight excluding hydrogens is 376 g/mol. The number of amides is 3. The molecule has 6 nitrogen and oxygen atoms in total. The van der Waals surface area contributed by atoms with Crippen LogP contribution in [0.5, 0.6) is 0 Å². The quantitative estimate of drug-likeness (QED) is 0.783. The van der Waals surface area contributed by atoms with E-state index in [0.717, 1.165) is 30.2 Å². The Labute approximate surface area is 170 Å². The highest BCUT2D eigenvalue weighted by atomic mass is 35.5. The Morgan fingerprint density at radius 3 is 2.21 bits per heavy atom. The van der Waals surface area contributed by atoms with Gasteiger partial charge in [-0.05, 0) is 23.3 Å². The number of carbonyl (C=O) groups is 2. The summed E-state index contributed by atoms with van der Waals surface area (Å²) in [7, 11) is 0. The van der Waals surface area contributed by atoms with Gasteiger partial charge in [-0.2, -0.15) is 0 Å². The average Bonchev–Trinajstić information content (AvgIpc) is 2.73. The van der Waals surface area contributed by atoms with Crippen LogP contribution in [-0.4, -0.2) is 54.5 Å². The van der Waals surface area contributed by atoms with Crippen LogP contribution in [0.4, 0.5) is 4.79 Å². The molecule has 28 heavy (non-hydrogen) atoms. The highest BCUT2D eigenvalue weighted by Gasteiger charge is 2.21. The van der Waals surface area contributed by atoms with Gasteiger partial charge in [0.15, 0.2) is 0 Å². The second kappa shape index (κ2) is 10.1. The van der Waals surface area contributed by atoms with E-state index in [4.69, 9.17) is 11.6 Å². The molecule has 0 aromatic heterocycles.